The van der Waals surface area contributed by atoms with Crippen molar-refractivity contribution in [3.05, 3.63) is 76.6 Å². The van der Waals surface area contributed by atoms with Gasteiger partial charge in [-0.15, -0.1) is 0 Å². The van der Waals surface area contributed by atoms with Gasteiger partial charge in [-0.3, -0.25) is 19.0 Å². The molecule has 0 fully saturated rings. The molecule has 0 spiro atoms. The summed E-state index contributed by atoms with van der Waals surface area (Å²) in [5, 5.41) is 3.00. The van der Waals surface area contributed by atoms with Crippen LogP contribution in [0.3, 0.4) is 0 Å². The molecule has 1 heterocycles. The van der Waals surface area contributed by atoms with Crippen LogP contribution in [-0.2, 0) is 27.4 Å². The molecule has 0 aliphatic rings. The van der Waals surface area contributed by atoms with Crippen LogP contribution in [0.4, 0.5) is 4.39 Å². The van der Waals surface area contributed by atoms with Crippen LogP contribution in [0.15, 0.2) is 59.7 Å². The smallest absolute Gasteiger partial charge is 0.326 e. The SMILES string of the molecule is C[C@H](OC(=O)Cn1cnc2ccccc2c1=O)C(=O)NCc1ccc(F)cc1. The summed E-state index contributed by atoms with van der Waals surface area (Å²) < 4.78 is 19.1. The molecule has 28 heavy (non-hydrogen) atoms. The molecular formula is C20H18FN3O4. The predicted molar refractivity (Wildman–Crippen MR) is 99.8 cm³/mol. The van der Waals surface area contributed by atoms with E-state index in [4.69, 9.17) is 4.74 Å². The van der Waals surface area contributed by atoms with E-state index in [9.17, 15) is 18.8 Å². The summed E-state index contributed by atoms with van der Waals surface area (Å²) in [6, 6.07) is 12.5. The van der Waals surface area contributed by atoms with Gasteiger partial charge in [0.15, 0.2) is 6.10 Å². The normalized spacial score (nSPS) is 11.8. The van der Waals surface area contributed by atoms with Crippen molar-refractivity contribution in [3.8, 4) is 0 Å². The molecule has 0 radical (unpaired) electrons. The first kappa shape index (κ1) is 19.2. The zero-order valence-corrected chi connectivity index (χ0v) is 15.1. The van der Waals surface area contributed by atoms with E-state index in [-0.39, 0.29) is 24.5 Å². The molecule has 0 aliphatic carbocycles. The van der Waals surface area contributed by atoms with E-state index in [1.807, 2.05) is 0 Å². The first-order valence-electron chi connectivity index (χ1n) is 8.60. The first-order chi connectivity index (χ1) is 13.4. The quantitative estimate of drug-likeness (QED) is 0.656. The van der Waals surface area contributed by atoms with E-state index in [1.54, 1.807) is 36.4 Å². The van der Waals surface area contributed by atoms with Gasteiger partial charge in [0.05, 0.1) is 17.2 Å². The lowest BCUT2D eigenvalue weighted by Crippen LogP contribution is -2.37. The Kier molecular flexibility index (Phi) is 5.78. The molecule has 1 atom stereocenters. The van der Waals surface area contributed by atoms with Gasteiger partial charge in [-0.05, 0) is 36.8 Å². The van der Waals surface area contributed by atoms with E-state index in [0.29, 0.717) is 16.5 Å². The standard InChI is InChI=1S/C20H18FN3O4/c1-13(19(26)22-10-14-6-8-15(21)9-7-14)28-18(25)11-24-12-23-17-5-3-2-4-16(17)20(24)27/h2-9,12-13H,10-11H2,1H3,(H,22,26)/t13-/m0/s1. The number of halogens is 1. The van der Waals surface area contributed by atoms with Crippen LogP contribution in [0.25, 0.3) is 10.9 Å². The van der Waals surface area contributed by atoms with Crippen molar-refractivity contribution in [2.45, 2.75) is 26.1 Å². The van der Waals surface area contributed by atoms with Crippen molar-refractivity contribution in [3.63, 3.8) is 0 Å². The third-order valence-corrected chi connectivity index (χ3v) is 4.09. The fourth-order valence-electron chi connectivity index (χ4n) is 2.58. The number of carbonyl (C=O) groups is 2. The molecule has 0 saturated carbocycles. The van der Waals surface area contributed by atoms with E-state index in [2.05, 4.69) is 10.3 Å². The molecule has 2 aromatic carbocycles. The van der Waals surface area contributed by atoms with Gasteiger partial charge in [-0.1, -0.05) is 24.3 Å². The minimum absolute atomic E-state index is 0.176. The fraction of sp³-hybridized carbons (Fsp3) is 0.200. The second-order valence-corrected chi connectivity index (χ2v) is 6.17. The lowest BCUT2D eigenvalue weighted by atomic mass is 10.2. The summed E-state index contributed by atoms with van der Waals surface area (Å²) in [7, 11) is 0. The second kappa shape index (κ2) is 8.43. The third kappa shape index (κ3) is 4.59. The molecule has 144 valence electrons. The number of para-hydroxylation sites is 1. The summed E-state index contributed by atoms with van der Waals surface area (Å²) in [5.41, 5.74) is 0.878. The van der Waals surface area contributed by atoms with Crippen LogP contribution in [0, 0.1) is 5.82 Å². The largest absolute Gasteiger partial charge is 0.451 e. The van der Waals surface area contributed by atoms with Crippen molar-refractivity contribution >= 4 is 22.8 Å². The molecule has 1 amide bonds. The number of hydrogen-bond donors (Lipinski definition) is 1. The van der Waals surface area contributed by atoms with Crippen molar-refractivity contribution < 1.29 is 18.7 Å². The molecule has 1 N–H and O–H groups in total. The van der Waals surface area contributed by atoms with Gasteiger partial charge in [0.25, 0.3) is 11.5 Å². The van der Waals surface area contributed by atoms with Crippen LogP contribution < -0.4 is 10.9 Å². The van der Waals surface area contributed by atoms with Gasteiger partial charge in [0, 0.05) is 6.54 Å². The minimum Gasteiger partial charge on any atom is -0.451 e. The lowest BCUT2D eigenvalue weighted by Gasteiger charge is -2.14. The zero-order chi connectivity index (χ0) is 20.1. The summed E-state index contributed by atoms with van der Waals surface area (Å²) in [4.78, 5) is 40.7. The number of rotatable bonds is 6. The highest BCUT2D eigenvalue weighted by atomic mass is 19.1. The highest BCUT2D eigenvalue weighted by Gasteiger charge is 2.18. The highest BCUT2D eigenvalue weighted by molar-refractivity contribution is 5.83. The maximum absolute atomic E-state index is 12.9. The predicted octanol–water partition coefficient (Wildman–Crippen LogP) is 1.78. The highest BCUT2D eigenvalue weighted by Crippen LogP contribution is 2.05. The molecule has 1 aromatic heterocycles. The van der Waals surface area contributed by atoms with E-state index in [0.717, 1.165) is 4.57 Å². The maximum Gasteiger partial charge on any atom is 0.326 e. The number of esters is 1. The van der Waals surface area contributed by atoms with Gasteiger partial charge < -0.3 is 10.1 Å². The molecule has 3 rings (SSSR count). The monoisotopic (exact) mass is 383 g/mol. The molecule has 0 aliphatic heterocycles. The molecule has 7 nitrogen and oxygen atoms in total. The van der Waals surface area contributed by atoms with E-state index >= 15 is 0 Å². The van der Waals surface area contributed by atoms with Gasteiger partial charge in [0.2, 0.25) is 0 Å². The summed E-state index contributed by atoms with van der Waals surface area (Å²) >= 11 is 0. The Morgan fingerprint density at radius 1 is 1.18 bits per heavy atom. The Bertz CT molecular complexity index is 1060. The number of benzene rings is 2. The lowest BCUT2D eigenvalue weighted by molar-refractivity contribution is -0.155. The third-order valence-electron chi connectivity index (χ3n) is 4.09. The Balaban J connectivity index is 1.56. The number of amides is 1. The number of nitrogens with zero attached hydrogens (tertiary/aromatic N) is 2. The van der Waals surface area contributed by atoms with E-state index in [1.165, 1.54) is 25.4 Å². The molecule has 0 unspecified atom stereocenters. The van der Waals surface area contributed by atoms with Crippen LogP contribution in [0.1, 0.15) is 12.5 Å². The van der Waals surface area contributed by atoms with Crippen LogP contribution in [0.2, 0.25) is 0 Å². The van der Waals surface area contributed by atoms with Crippen LogP contribution in [0.5, 0.6) is 0 Å². The molecule has 0 bridgehead atoms. The van der Waals surface area contributed by atoms with Crippen molar-refractivity contribution in [1.29, 1.82) is 0 Å². The number of ether oxygens (including phenoxy) is 1. The number of aromatic nitrogens is 2. The maximum atomic E-state index is 12.9. The number of fused-ring (bicyclic) bond motifs is 1. The Morgan fingerprint density at radius 2 is 1.89 bits per heavy atom. The summed E-state index contributed by atoms with van der Waals surface area (Å²) in [6.45, 7) is 1.25. The first-order valence-corrected chi connectivity index (χ1v) is 8.60. The van der Waals surface area contributed by atoms with Crippen molar-refractivity contribution in [1.82, 2.24) is 14.9 Å². The number of hydrogen-bond acceptors (Lipinski definition) is 5. The second-order valence-electron chi connectivity index (χ2n) is 6.17. The fourth-order valence-corrected chi connectivity index (χ4v) is 2.58. The van der Waals surface area contributed by atoms with Gasteiger partial charge in [-0.25, -0.2) is 9.37 Å². The average molecular weight is 383 g/mol. The summed E-state index contributed by atoms with van der Waals surface area (Å²) in [5.74, 6) is -1.60. The molecule has 3 aromatic rings. The topological polar surface area (TPSA) is 90.3 Å². The number of nitrogens with one attached hydrogen (secondary N) is 1. The van der Waals surface area contributed by atoms with Gasteiger partial charge in [0.1, 0.15) is 12.4 Å². The van der Waals surface area contributed by atoms with E-state index < -0.39 is 18.0 Å². The van der Waals surface area contributed by atoms with Crippen molar-refractivity contribution in [2.24, 2.45) is 0 Å². The zero-order valence-electron chi connectivity index (χ0n) is 15.1. The average Bonchev–Trinajstić information content (AvgIpc) is 2.69. The molecular weight excluding hydrogens is 365 g/mol. The molecule has 8 heteroatoms. The number of carbonyl (C=O) groups excluding carboxylic acids is 2. The molecule has 0 saturated heterocycles. The van der Waals surface area contributed by atoms with Crippen LogP contribution in [-0.4, -0.2) is 27.5 Å². The Morgan fingerprint density at radius 3 is 2.64 bits per heavy atom. The Hall–Kier alpha value is -3.55. The van der Waals surface area contributed by atoms with Crippen molar-refractivity contribution in [2.75, 3.05) is 0 Å². The minimum atomic E-state index is -1.04. The summed E-state index contributed by atoms with van der Waals surface area (Å²) in [6.07, 6.45) is 0.225. The Labute approximate surface area is 159 Å². The van der Waals surface area contributed by atoms with Crippen LogP contribution >= 0.6 is 0 Å². The van der Waals surface area contributed by atoms with Gasteiger partial charge >= 0.3 is 5.97 Å². The van der Waals surface area contributed by atoms with Gasteiger partial charge in [-0.2, -0.15) is 0 Å².